The molecule has 1 heterocycles. The SMILES string of the molecule is O=C(NCCCn1c(=O)[nH]c2ccccc21)c1cccc(Br)c1. The Bertz CT molecular complexity index is 898. The molecule has 0 atom stereocenters. The van der Waals surface area contributed by atoms with Crippen LogP contribution in [0.2, 0.25) is 0 Å². The zero-order chi connectivity index (χ0) is 16.2. The van der Waals surface area contributed by atoms with Crippen LogP contribution in [0, 0.1) is 0 Å². The van der Waals surface area contributed by atoms with Gasteiger partial charge in [-0.2, -0.15) is 0 Å². The Hall–Kier alpha value is -2.34. The molecular weight excluding hydrogens is 358 g/mol. The number of imidazole rings is 1. The Morgan fingerprint density at radius 1 is 1.17 bits per heavy atom. The number of amides is 1. The minimum absolute atomic E-state index is 0.113. The number of carbonyl (C=O) groups is 1. The highest BCUT2D eigenvalue weighted by Gasteiger charge is 2.07. The maximum Gasteiger partial charge on any atom is 0.326 e. The Labute approximate surface area is 141 Å². The summed E-state index contributed by atoms with van der Waals surface area (Å²) in [7, 11) is 0. The van der Waals surface area contributed by atoms with E-state index in [0.717, 1.165) is 15.5 Å². The van der Waals surface area contributed by atoms with Crippen LogP contribution >= 0.6 is 15.9 Å². The predicted octanol–water partition coefficient (Wildman–Crippen LogP) is 2.91. The Morgan fingerprint density at radius 3 is 2.83 bits per heavy atom. The van der Waals surface area contributed by atoms with Crippen molar-refractivity contribution in [3.63, 3.8) is 0 Å². The molecule has 3 rings (SSSR count). The molecule has 3 aromatic rings. The van der Waals surface area contributed by atoms with E-state index in [1.165, 1.54) is 0 Å². The highest BCUT2D eigenvalue weighted by atomic mass is 79.9. The van der Waals surface area contributed by atoms with Crippen LogP contribution in [0.4, 0.5) is 0 Å². The second kappa shape index (κ2) is 6.83. The lowest BCUT2D eigenvalue weighted by Crippen LogP contribution is -2.26. The fourth-order valence-corrected chi connectivity index (χ4v) is 2.90. The van der Waals surface area contributed by atoms with Crippen molar-refractivity contribution in [2.75, 3.05) is 6.54 Å². The lowest BCUT2D eigenvalue weighted by Gasteiger charge is -2.06. The molecule has 0 radical (unpaired) electrons. The normalized spacial score (nSPS) is 10.8. The summed E-state index contributed by atoms with van der Waals surface area (Å²) in [4.78, 5) is 26.8. The van der Waals surface area contributed by atoms with Gasteiger partial charge in [-0.25, -0.2) is 4.79 Å². The molecule has 1 aromatic heterocycles. The number of halogens is 1. The molecule has 0 aliphatic rings. The number of nitrogens with one attached hydrogen (secondary N) is 2. The maximum absolute atomic E-state index is 12.0. The van der Waals surface area contributed by atoms with Gasteiger partial charge >= 0.3 is 5.69 Å². The van der Waals surface area contributed by atoms with Crippen molar-refractivity contribution in [2.24, 2.45) is 0 Å². The van der Waals surface area contributed by atoms with Gasteiger partial charge in [0, 0.05) is 23.1 Å². The predicted molar refractivity (Wildman–Crippen MR) is 93.7 cm³/mol. The number of H-pyrrole nitrogens is 1. The summed E-state index contributed by atoms with van der Waals surface area (Å²) in [6, 6.07) is 14.8. The molecule has 2 aromatic carbocycles. The molecule has 0 bridgehead atoms. The van der Waals surface area contributed by atoms with Crippen LogP contribution in [0.25, 0.3) is 11.0 Å². The summed E-state index contributed by atoms with van der Waals surface area (Å²) in [6.45, 7) is 1.07. The number of hydrogen-bond acceptors (Lipinski definition) is 2. The first-order chi connectivity index (χ1) is 11.1. The number of nitrogens with zero attached hydrogens (tertiary/aromatic N) is 1. The van der Waals surface area contributed by atoms with E-state index in [1.807, 2.05) is 36.4 Å². The third kappa shape index (κ3) is 3.53. The molecule has 2 N–H and O–H groups in total. The molecule has 0 fully saturated rings. The number of hydrogen-bond donors (Lipinski definition) is 2. The smallest absolute Gasteiger partial charge is 0.326 e. The summed E-state index contributed by atoms with van der Waals surface area (Å²) >= 11 is 3.35. The largest absolute Gasteiger partial charge is 0.352 e. The van der Waals surface area contributed by atoms with Crippen LogP contribution in [0.3, 0.4) is 0 Å². The maximum atomic E-state index is 12.0. The molecule has 0 saturated heterocycles. The van der Waals surface area contributed by atoms with Gasteiger partial charge in [0.1, 0.15) is 0 Å². The fourth-order valence-electron chi connectivity index (χ4n) is 2.50. The van der Waals surface area contributed by atoms with Crippen LogP contribution < -0.4 is 11.0 Å². The topological polar surface area (TPSA) is 66.9 Å². The van der Waals surface area contributed by atoms with Crippen LogP contribution in [0.5, 0.6) is 0 Å². The van der Waals surface area contributed by atoms with Gasteiger partial charge in [0.2, 0.25) is 0 Å². The Balaban J connectivity index is 1.58. The number of benzene rings is 2. The lowest BCUT2D eigenvalue weighted by molar-refractivity contribution is 0.0952. The van der Waals surface area contributed by atoms with E-state index in [1.54, 1.807) is 16.7 Å². The van der Waals surface area contributed by atoms with Crippen LogP contribution in [0.15, 0.2) is 57.8 Å². The molecule has 0 unspecified atom stereocenters. The third-order valence-corrected chi connectivity index (χ3v) is 4.11. The molecule has 23 heavy (non-hydrogen) atoms. The van der Waals surface area contributed by atoms with Gasteiger partial charge in [0.25, 0.3) is 5.91 Å². The summed E-state index contributed by atoms with van der Waals surface area (Å²) in [5.74, 6) is -0.113. The highest BCUT2D eigenvalue weighted by molar-refractivity contribution is 9.10. The number of para-hydroxylation sites is 2. The average molecular weight is 374 g/mol. The molecule has 0 spiro atoms. The highest BCUT2D eigenvalue weighted by Crippen LogP contribution is 2.11. The van der Waals surface area contributed by atoms with Gasteiger partial charge in [0.05, 0.1) is 11.0 Å². The summed E-state index contributed by atoms with van der Waals surface area (Å²) in [5, 5.41) is 2.87. The van der Waals surface area contributed by atoms with Crippen LogP contribution in [-0.2, 0) is 6.54 Å². The van der Waals surface area contributed by atoms with Crippen molar-refractivity contribution in [3.05, 3.63) is 69.1 Å². The molecule has 6 heteroatoms. The van der Waals surface area contributed by atoms with Gasteiger partial charge in [-0.15, -0.1) is 0 Å². The van der Waals surface area contributed by atoms with Crippen molar-refractivity contribution in [2.45, 2.75) is 13.0 Å². The average Bonchev–Trinajstić information content (AvgIpc) is 2.87. The summed E-state index contributed by atoms with van der Waals surface area (Å²) in [5.41, 5.74) is 2.21. The van der Waals surface area contributed by atoms with Crippen molar-refractivity contribution in [1.82, 2.24) is 14.9 Å². The summed E-state index contributed by atoms with van der Waals surface area (Å²) in [6.07, 6.45) is 0.682. The standard InChI is InChI=1S/C17H16BrN3O2/c18-13-6-3-5-12(11-13)16(22)19-9-4-10-21-15-8-2-1-7-14(15)20-17(21)23/h1-3,5-8,11H,4,9-10H2,(H,19,22)(H,20,23). The molecular formula is C17H16BrN3O2. The zero-order valence-corrected chi connectivity index (χ0v) is 14.0. The molecule has 0 aliphatic heterocycles. The first kappa shape index (κ1) is 15.6. The number of rotatable bonds is 5. The fraction of sp³-hybridized carbons (Fsp3) is 0.176. The van der Waals surface area contributed by atoms with E-state index in [4.69, 9.17) is 0 Å². The number of aromatic nitrogens is 2. The Morgan fingerprint density at radius 2 is 2.00 bits per heavy atom. The second-order valence-electron chi connectivity index (χ2n) is 5.22. The van der Waals surface area contributed by atoms with Crippen molar-refractivity contribution in [3.8, 4) is 0 Å². The van der Waals surface area contributed by atoms with Crippen molar-refractivity contribution >= 4 is 32.9 Å². The van der Waals surface area contributed by atoms with Crippen LogP contribution in [0.1, 0.15) is 16.8 Å². The zero-order valence-electron chi connectivity index (χ0n) is 12.4. The van der Waals surface area contributed by atoms with Gasteiger partial charge in [-0.1, -0.05) is 34.1 Å². The molecule has 118 valence electrons. The van der Waals surface area contributed by atoms with Gasteiger partial charge in [-0.3, -0.25) is 9.36 Å². The van der Waals surface area contributed by atoms with Crippen LogP contribution in [-0.4, -0.2) is 22.0 Å². The van der Waals surface area contributed by atoms with Crippen molar-refractivity contribution < 1.29 is 4.79 Å². The van der Waals surface area contributed by atoms with Gasteiger partial charge < -0.3 is 10.3 Å². The monoisotopic (exact) mass is 373 g/mol. The quantitative estimate of drug-likeness (QED) is 0.675. The lowest BCUT2D eigenvalue weighted by atomic mass is 10.2. The van der Waals surface area contributed by atoms with E-state index in [9.17, 15) is 9.59 Å². The summed E-state index contributed by atoms with van der Waals surface area (Å²) < 4.78 is 2.57. The van der Waals surface area contributed by atoms with E-state index < -0.39 is 0 Å². The number of aromatic amines is 1. The van der Waals surface area contributed by atoms with E-state index >= 15 is 0 Å². The van der Waals surface area contributed by atoms with Crippen molar-refractivity contribution in [1.29, 1.82) is 0 Å². The van der Waals surface area contributed by atoms with E-state index in [0.29, 0.717) is 25.1 Å². The van der Waals surface area contributed by atoms with E-state index in [-0.39, 0.29) is 11.6 Å². The molecule has 1 amide bonds. The van der Waals surface area contributed by atoms with Gasteiger partial charge in [0.15, 0.2) is 0 Å². The first-order valence-electron chi connectivity index (χ1n) is 7.36. The molecule has 0 saturated carbocycles. The van der Waals surface area contributed by atoms with E-state index in [2.05, 4.69) is 26.2 Å². The second-order valence-corrected chi connectivity index (χ2v) is 6.13. The van der Waals surface area contributed by atoms with Gasteiger partial charge in [-0.05, 0) is 36.8 Å². The first-order valence-corrected chi connectivity index (χ1v) is 8.16. The number of fused-ring (bicyclic) bond motifs is 1. The number of carbonyl (C=O) groups excluding carboxylic acids is 1. The number of aryl methyl sites for hydroxylation is 1. The molecule has 0 aliphatic carbocycles. The minimum atomic E-state index is -0.121. The Kier molecular flexibility index (Phi) is 4.62. The minimum Gasteiger partial charge on any atom is -0.352 e. The molecule has 5 nitrogen and oxygen atoms in total. The third-order valence-electron chi connectivity index (χ3n) is 3.61.